The van der Waals surface area contributed by atoms with Crippen molar-refractivity contribution >= 4 is 17.9 Å². The third kappa shape index (κ3) is 63.7. The Labute approximate surface area is 484 Å². The van der Waals surface area contributed by atoms with Crippen LogP contribution in [0.2, 0.25) is 0 Å². The summed E-state index contributed by atoms with van der Waals surface area (Å²) in [5.74, 6) is -0.862. The second kappa shape index (κ2) is 66.4. The predicted octanol–water partition coefficient (Wildman–Crippen LogP) is 23.3. The van der Waals surface area contributed by atoms with Gasteiger partial charge in [0.1, 0.15) is 13.2 Å². The lowest BCUT2D eigenvalue weighted by Crippen LogP contribution is -2.30. The maximum atomic E-state index is 12.9. The van der Waals surface area contributed by atoms with Crippen LogP contribution >= 0.6 is 0 Å². The van der Waals surface area contributed by atoms with Crippen LogP contribution in [0.3, 0.4) is 0 Å². The molecule has 0 aromatic heterocycles. The zero-order valence-electron chi connectivity index (χ0n) is 51.9. The maximum Gasteiger partial charge on any atom is 0.306 e. The van der Waals surface area contributed by atoms with Gasteiger partial charge in [-0.05, 0) is 83.5 Å². The van der Waals surface area contributed by atoms with Crippen molar-refractivity contribution in [3.05, 3.63) is 72.9 Å². The van der Waals surface area contributed by atoms with Crippen LogP contribution in [0.5, 0.6) is 0 Å². The number of ether oxygens (including phenoxy) is 3. The van der Waals surface area contributed by atoms with Crippen molar-refractivity contribution in [2.75, 3.05) is 13.2 Å². The predicted molar refractivity (Wildman–Crippen MR) is 339 cm³/mol. The topological polar surface area (TPSA) is 78.9 Å². The highest BCUT2D eigenvalue weighted by Gasteiger charge is 2.19. The number of carbonyl (C=O) groups is 3. The summed E-state index contributed by atoms with van der Waals surface area (Å²) in [5.41, 5.74) is 0. The van der Waals surface area contributed by atoms with Crippen molar-refractivity contribution < 1.29 is 28.6 Å². The summed E-state index contributed by atoms with van der Waals surface area (Å²) in [4.78, 5) is 38.3. The molecule has 0 spiro atoms. The zero-order chi connectivity index (χ0) is 56.4. The number of hydrogen-bond donors (Lipinski definition) is 0. The summed E-state index contributed by atoms with van der Waals surface area (Å²) in [6.07, 6.45) is 86.5. The summed E-state index contributed by atoms with van der Waals surface area (Å²) in [6, 6.07) is 0. The molecular weight excluding hydrogens is 961 g/mol. The molecule has 0 fully saturated rings. The Balaban J connectivity index is 4.10. The van der Waals surface area contributed by atoms with Gasteiger partial charge in [0, 0.05) is 19.3 Å². The van der Waals surface area contributed by atoms with E-state index in [1.165, 1.54) is 212 Å². The summed E-state index contributed by atoms with van der Waals surface area (Å²) in [5, 5.41) is 0. The van der Waals surface area contributed by atoms with Crippen LogP contribution in [0.15, 0.2) is 72.9 Å². The van der Waals surface area contributed by atoms with Gasteiger partial charge < -0.3 is 14.2 Å². The summed E-state index contributed by atoms with van der Waals surface area (Å²) in [7, 11) is 0. The lowest BCUT2D eigenvalue weighted by molar-refractivity contribution is -0.167. The molecule has 1 unspecified atom stereocenters. The number of rotatable bonds is 62. The fourth-order valence-corrected chi connectivity index (χ4v) is 9.87. The molecule has 0 bridgehead atoms. The Morgan fingerprint density at radius 3 is 0.833 bits per heavy atom. The lowest BCUT2D eigenvalue weighted by Gasteiger charge is -2.18. The first-order valence-electron chi connectivity index (χ1n) is 33.9. The first-order chi connectivity index (χ1) is 38.5. The van der Waals surface area contributed by atoms with Gasteiger partial charge in [-0.15, -0.1) is 0 Å². The van der Waals surface area contributed by atoms with Crippen molar-refractivity contribution in [3.63, 3.8) is 0 Å². The molecule has 6 nitrogen and oxygen atoms in total. The molecule has 0 heterocycles. The van der Waals surface area contributed by atoms with E-state index in [4.69, 9.17) is 14.2 Å². The average Bonchev–Trinajstić information content (AvgIpc) is 3.44. The third-order valence-corrected chi connectivity index (χ3v) is 14.9. The second-order valence-electron chi connectivity index (χ2n) is 22.7. The van der Waals surface area contributed by atoms with Crippen LogP contribution in [-0.2, 0) is 28.6 Å². The van der Waals surface area contributed by atoms with Gasteiger partial charge in [0.15, 0.2) is 6.10 Å². The summed E-state index contributed by atoms with van der Waals surface area (Å²) < 4.78 is 16.9. The first kappa shape index (κ1) is 74.8. The average molecular weight is 1090 g/mol. The highest BCUT2D eigenvalue weighted by molar-refractivity contribution is 5.71. The molecule has 452 valence electrons. The van der Waals surface area contributed by atoms with Crippen LogP contribution in [0, 0.1) is 0 Å². The van der Waals surface area contributed by atoms with Crippen LogP contribution < -0.4 is 0 Å². The summed E-state index contributed by atoms with van der Waals surface area (Å²) in [6.45, 7) is 6.53. The van der Waals surface area contributed by atoms with E-state index in [1.807, 2.05) is 0 Å². The molecule has 0 aromatic rings. The van der Waals surface area contributed by atoms with Crippen LogP contribution in [0.25, 0.3) is 0 Å². The van der Waals surface area contributed by atoms with E-state index in [9.17, 15) is 14.4 Å². The monoisotopic (exact) mass is 1090 g/mol. The molecule has 0 aliphatic rings. The molecule has 0 aliphatic heterocycles. The molecule has 0 radical (unpaired) electrons. The van der Waals surface area contributed by atoms with Crippen molar-refractivity contribution in [2.45, 2.75) is 354 Å². The zero-order valence-corrected chi connectivity index (χ0v) is 51.9. The van der Waals surface area contributed by atoms with E-state index in [-0.39, 0.29) is 31.1 Å². The van der Waals surface area contributed by atoms with Crippen molar-refractivity contribution in [1.29, 1.82) is 0 Å². The van der Waals surface area contributed by atoms with Crippen molar-refractivity contribution in [3.8, 4) is 0 Å². The number of hydrogen-bond acceptors (Lipinski definition) is 6. The van der Waals surface area contributed by atoms with E-state index in [0.717, 1.165) is 96.3 Å². The van der Waals surface area contributed by atoms with Crippen LogP contribution in [0.1, 0.15) is 348 Å². The van der Waals surface area contributed by atoms with E-state index in [0.29, 0.717) is 19.3 Å². The first-order valence-corrected chi connectivity index (χ1v) is 33.9. The molecule has 0 amide bonds. The van der Waals surface area contributed by atoms with Gasteiger partial charge in [-0.25, -0.2) is 0 Å². The van der Waals surface area contributed by atoms with Gasteiger partial charge in [-0.1, -0.05) is 318 Å². The van der Waals surface area contributed by atoms with Gasteiger partial charge in [-0.2, -0.15) is 0 Å². The Bertz CT molecular complexity index is 1440. The van der Waals surface area contributed by atoms with E-state index in [1.54, 1.807) is 0 Å². The molecule has 6 heteroatoms. The second-order valence-corrected chi connectivity index (χ2v) is 22.7. The van der Waals surface area contributed by atoms with Gasteiger partial charge in [0.25, 0.3) is 0 Å². The minimum absolute atomic E-state index is 0.0722. The fourth-order valence-electron chi connectivity index (χ4n) is 9.87. The molecule has 0 aliphatic carbocycles. The number of allylic oxidation sites excluding steroid dienone is 12. The molecule has 0 N–H and O–H groups in total. The van der Waals surface area contributed by atoms with Crippen LogP contribution in [-0.4, -0.2) is 37.2 Å². The number of esters is 3. The third-order valence-electron chi connectivity index (χ3n) is 14.9. The smallest absolute Gasteiger partial charge is 0.306 e. The minimum atomic E-state index is -0.774. The molecule has 0 saturated heterocycles. The Morgan fingerprint density at radius 1 is 0.269 bits per heavy atom. The molecular formula is C72H128O6. The maximum absolute atomic E-state index is 12.9. The number of carbonyl (C=O) groups excluding carboxylic acids is 3. The molecule has 78 heavy (non-hydrogen) atoms. The van der Waals surface area contributed by atoms with E-state index >= 15 is 0 Å². The Morgan fingerprint density at radius 2 is 0.513 bits per heavy atom. The van der Waals surface area contributed by atoms with Crippen molar-refractivity contribution in [2.24, 2.45) is 0 Å². The van der Waals surface area contributed by atoms with E-state index < -0.39 is 6.10 Å². The van der Waals surface area contributed by atoms with Gasteiger partial charge in [0.05, 0.1) is 0 Å². The van der Waals surface area contributed by atoms with Gasteiger partial charge >= 0.3 is 17.9 Å². The lowest BCUT2D eigenvalue weighted by atomic mass is 10.0. The SMILES string of the molecule is CC/C=C\C/C=C\C/C=C\C/C=C\C/C=C\CCCCCCCCCCCCCCCCCCCC(=O)OCC(COC(=O)CCCCCCC/C=C\CCCC)OC(=O)CCCCCCCCCCCCCCCCCC. The highest BCUT2D eigenvalue weighted by atomic mass is 16.6. The molecule has 1 atom stereocenters. The van der Waals surface area contributed by atoms with Gasteiger partial charge in [0.2, 0.25) is 0 Å². The fraction of sp³-hybridized carbons (Fsp3) is 0.792. The van der Waals surface area contributed by atoms with Gasteiger partial charge in [-0.3, -0.25) is 14.4 Å². The standard InChI is InChI=1S/C72H128O6/c1-4-7-10-13-16-19-22-24-26-28-29-30-31-32-33-34-35-36-37-38-39-40-41-42-43-44-46-47-50-53-56-59-62-65-71(74)77-68-69(67-76-70(73)64-61-58-55-52-49-21-18-15-12-9-6-3)78-72(75)66-63-60-57-54-51-48-45-27-25-23-20-17-14-11-8-5-2/h7,10,15-16,18-19,24,26,29-30,32-33,69H,4-6,8-9,11-14,17,20-23,25,27-28,31,34-68H2,1-3H3/b10-7-,18-15-,19-16-,26-24-,30-29-,33-32-. The Hall–Kier alpha value is -3.15. The van der Waals surface area contributed by atoms with Crippen molar-refractivity contribution in [1.82, 2.24) is 0 Å². The van der Waals surface area contributed by atoms with Crippen LogP contribution in [0.4, 0.5) is 0 Å². The summed E-state index contributed by atoms with van der Waals surface area (Å²) >= 11 is 0. The number of unbranched alkanes of at least 4 members (excludes halogenated alkanes) is 39. The Kier molecular flexibility index (Phi) is 63.7. The molecule has 0 saturated carbocycles. The molecule has 0 aromatic carbocycles. The molecule has 0 rings (SSSR count). The minimum Gasteiger partial charge on any atom is -0.462 e. The normalized spacial score (nSPS) is 12.5. The largest absolute Gasteiger partial charge is 0.462 e. The quantitative estimate of drug-likeness (QED) is 0.0261. The highest BCUT2D eigenvalue weighted by Crippen LogP contribution is 2.18. The van der Waals surface area contributed by atoms with E-state index in [2.05, 4.69) is 93.7 Å².